The first-order chi connectivity index (χ1) is 12.8. The standard InChI is InChI=1S/C20H19ClN2O2S2/c1-20(2)16(22-17(24)14-8-4-3-5-9-14)18(25)23(19(26)27-20)12-13-7-6-10-15(21)11-13/h3-11,16H,12H2,1-2H3,(H,22,24). The molecule has 1 saturated heterocycles. The number of carbonyl (C=O) groups is 2. The second-order valence-electron chi connectivity index (χ2n) is 6.80. The van der Waals surface area contributed by atoms with E-state index in [-0.39, 0.29) is 11.8 Å². The summed E-state index contributed by atoms with van der Waals surface area (Å²) in [6, 6.07) is 15.5. The molecule has 2 aromatic rings. The number of rotatable bonds is 4. The molecular formula is C20H19ClN2O2S2. The first-order valence-corrected chi connectivity index (χ1v) is 10.0. The van der Waals surface area contributed by atoms with E-state index in [1.807, 2.05) is 32.0 Å². The highest BCUT2D eigenvalue weighted by atomic mass is 35.5. The fraction of sp³-hybridized carbons (Fsp3) is 0.250. The molecule has 3 rings (SSSR count). The highest BCUT2D eigenvalue weighted by Gasteiger charge is 2.46. The van der Waals surface area contributed by atoms with Crippen LogP contribution in [0.25, 0.3) is 0 Å². The summed E-state index contributed by atoms with van der Waals surface area (Å²) in [5.41, 5.74) is 1.40. The Morgan fingerprint density at radius 3 is 2.59 bits per heavy atom. The van der Waals surface area contributed by atoms with Gasteiger partial charge in [0.1, 0.15) is 10.4 Å². The molecule has 2 amide bonds. The number of halogens is 1. The van der Waals surface area contributed by atoms with Gasteiger partial charge < -0.3 is 5.32 Å². The van der Waals surface area contributed by atoms with Crippen molar-refractivity contribution in [3.05, 3.63) is 70.7 Å². The third-order valence-electron chi connectivity index (χ3n) is 4.32. The van der Waals surface area contributed by atoms with Crippen LogP contribution in [0.2, 0.25) is 5.02 Å². The molecule has 7 heteroatoms. The van der Waals surface area contributed by atoms with Crippen LogP contribution in [0.15, 0.2) is 54.6 Å². The van der Waals surface area contributed by atoms with Crippen LogP contribution in [0.3, 0.4) is 0 Å². The molecule has 0 aliphatic carbocycles. The third-order valence-corrected chi connectivity index (χ3v) is 6.18. The Balaban J connectivity index is 1.83. The predicted octanol–water partition coefficient (Wildman–Crippen LogP) is 4.28. The third kappa shape index (κ3) is 4.51. The van der Waals surface area contributed by atoms with Crippen LogP contribution < -0.4 is 5.32 Å². The molecule has 1 aliphatic heterocycles. The number of amides is 2. The molecule has 1 N–H and O–H groups in total. The topological polar surface area (TPSA) is 49.4 Å². The summed E-state index contributed by atoms with van der Waals surface area (Å²) in [7, 11) is 0. The molecule has 4 nitrogen and oxygen atoms in total. The first kappa shape index (κ1) is 19.9. The van der Waals surface area contributed by atoms with E-state index >= 15 is 0 Å². The molecule has 1 fully saturated rings. The van der Waals surface area contributed by atoms with Gasteiger partial charge in [0.25, 0.3) is 11.8 Å². The van der Waals surface area contributed by atoms with Gasteiger partial charge in [0.15, 0.2) is 0 Å². The van der Waals surface area contributed by atoms with Crippen LogP contribution in [0, 0.1) is 0 Å². The summed E-state index contributed by atoms with van der Waals surface area (Å²) in [6.07, 6.45) is 0. The summed E-state index contributed by atoms with van der Waals surface area (Å²) in [6.45, 7) is 4.14. The Hall–Kier alpha value is -1.89. The molecule has 1 aliphatic rings. The Morgan fingerprint density at radius 1 is 1.22 bits per heavy atom. The molecule has 27 heavy (non-hydrogen) atoms. The van der Waals surface area contributed by atoms with Gasteiger partial charge in [0.2, 0.25) is 0 Å². The molecule has 2 aromatic carbocycles. The lowest BCUT2D eigenvalue weighted by Crippen LogP contribution is -2.62. The lowest BCUT2D eigenvalue weighted by Gasteiger charge is -2.42. The molecule has 1 unspecified atom stereocenters. The molecule has 0 spiro atoms. The minimum Gasteiger partial charge on any atom is -0.339 e. The number of thioether (sulfide) groups is 1. The highest BCUT2D eigenvalue weighted by molar-refractivity contribution is 8.24. The summed E-state index contributed by atoms with van der Waals surface area (Å²) >= 11 is 12.9. The fourth-order valence-corrected chi connectivity index (χ4v) is 4.89. The number of carbonyl (C=O) groups excluding carboxylic acids is 2. The summed E-state index contributed by atoms with van der Waals surface area (Å²) in [5.74, 6) is -0.494. The number of hydrogen-bond donors (Lipinski definition) is 1. The minimum atomic E-state index is -0.693. The summed E-state index contributed by atoms with van der Waals surface area (Å²) in [5, 5.41) is 3.49. The number of thiocarbonyl (C=S) groups is 1. The van der Waals surface area contributed by atoms with Crippen molar-refractivity contribution in [1.29, 1.82) is 0 Å². The quantitative estimate of drug-likeness (QED) is 0.753. The number of hydrogen-bond acceptors (Lipinski definition) is 4. The van der Waals surface area contributed by atoms with E-state index in [2.05, 4.69) is 5.32 Å². The van der Waals surface area contributed by atoms with E-state index in [1.54, 1.807) is 36.4 Å². The molecule has 0 bridgehead atoms. The van der Waals surface area contributed by atoms with Crippen molar-refractivity contribution in [2.45, 2.75) is 31.2 Å². The zero-order chi connectivity index (χ0) is 19.6. The molecule has 1 heterocycles. The van der Waals surface area contributed by atoms with E-state index in [9.17, 15) is 9.59 Å². The zero-order valence-electron chi connectivity index (χ0n) is 14.9. The Kier molecular flexibility index (Phi) is 5.89. The van der Waals surface area contributed by atoms with Crippen molar-refractivity contribution in [2.75, 3.05) is 0 Å². The van der Waals surface area contributed by atoms with E-state index in [1.165, 1.54) is 16.7 Å². The highest BCUT2D eigenvalue weighted by Crippen LogP contribution is 2.37. The van der Waals surface area contributed by atoms with Gasteiger partial charge in [-0.1, -0.05) is 65.9 Å². The fourth-order valence-electron chi connectivity index (χ4n) is 2.88. The number of nitrogens with one attached hydrogen (secondary N) is 1. The summed E-state index contributed by atoms with van der Waals surface area (Å²) < 4.78 is -0.0566. The molecule has 140 valence electrons. The van der Waals surface area contributed by atoms with E-state index in [0.29, 0.717) is 21.5 Å². The van der Waals surface area contributed by atoms with Crippen molar-refractivity contribution in [2.24, 2.45) is 0 Å². The number of nitrogens with zero attached hydrogens (tertiary/aromatic N) is 1. The second-order valence-corrected chi connectivity index (χ2v) is 9.52. The van der Waals surface area contributed by atoms with Crippen molar-refractivity contribution in [3.8, 4) is 0 Å². The lowest BCUT2D eigenvalue weighted by atomic mass is 10.00. The monoisotopic (exact) mass is 418 g/mol. The minimum absolute atomic E-state index is 0.215. The zero-order valence-corrected chi connectivity index (χ0v) is 17.3. The first-order valence-electron chi connectivity index (χ1n) is 8.42. The normalized spacial score (nSPS) is 19.1. The van der Waals surface area contributed by atoms with Gasteiger partial charge in [-0.2, -0.15) is 0 Å². The van der Waals surface area contributed by atoms with Gasteiger partial charge in [-0.25, -0.2) is 0 Å². The van der Waals surface area contributed by atoms with Crippen LogP contribution in [0.1, 0.15) is 29.8 Å². The van der Waals surface area contributed by atoms with Gasteiger partial charge in [0.05, 0.1) is 6.54 Å². The largest absolute Gasteiger partial charge is 0.339 e. The Bertz CT molecular complexity index is 887. The predicted molar refractivity (Wildman–Crippen MR) is 114 cm³/mol. The summed E-state index contributed by atoms with van der Waals surface area (Å²) in [4.78, 5) is 27.3. The van der Waals surface area contributed by atoms with Crippen molar-refractivity contribution in [1.82, 2.24) is 10.2 Å². The van der Waals surface area contributed by atoms with Gasteiger partial charge in [-0.3, -0.25) is 14.5 Å². The van der Waals surface area contributed by atoms with Crippen LogP contribution in [0.4, 0.5) is 0 Å². The van der Waals surface area contributed by atoms with Crippen molar-refractivity contribution >= 4 is 51.7 Å². The van der Waals surface area contributed by atoms with Gasteiger partial charge in [0, 0.05) is 15.3 Å². The smallest absolute Gasteiger partial charge is 0.252 e. The SMILES string of the molecule is CC1(C)SC(=S)N(Cc2cccc(Cl)c2)C(=O)C1NC(=O)c1ccccc1. The van der Waals surface area contributed by atoms with E-state index in [0.717, 1.165) is 5.56 Å². The maximum Gasteiger partial charge on any atom is 0.252 e. The van der Waals surface area contributed by atoms with Gasteiger partial charge in [-0.05, 0) is 43.7 Å². The maximum atomic E-state index is 13.2. The molecule has 1 atom stereocenters. The van der Waals surface area contributed by atoms with Crippen molar-refractivity contribution in [3.63, 3.8) is 0 Å². The van der Waals surface area contributed by atoms with Crippen LogP contribution in [-0.4, -0.2) is 31.8 Å². The molecule has 0 saturated carbocycles. The van der Waals surface area contributed by atoms with Crippen LogP contribution in [0.5, 0.6) is 0 Å². The lowest BCUT2D eigenvalue weighted by molar-refractivity contribution is -0.130. The van der Waals surface area contributed by atoms with E-state index in [4.69, 9.17) is 23.8 Å². The van der Waals surface area contributed by atoms with Gasteiger partial charge in [-0.15, -0.1) is 0 Å². The maximum absolute atomic E-state index is 13.2. The molecule has 0 aromatic heterocycles. The Morgan fingerprint density at radius 2 is 1.93 bits per heavy atom. The van der Waals surface area contributed by atoms with Crippen LogP contribution in [-0.2, 0) is 11.3 Å². The van der Waals surface area contributed by atoms with Crippen LogP contribution >= 0.6 is 35.6 Å². The molecule has 0 radical (unpaired) electrons. The Labute approximate surface area is 173 Å². The van der Waals surface area contributed by atoms with E-state index < -0.39 is 10.8 Å². The number of benzene rings is 2. The van der Waals surface area contributed by atoms with Crippen molar-refractivity contribution < 1.29 is 9.59 Å². The molecular weight excluding hydrogens is 400 g/mol. The average Bonchev–Trinajstić information content (AvgIpc) is 2.62. The second kappa shape index (κ2) is 8.00. The average molecular weight is 419 g/mol. The van der Waals surface area contributed by atoms with Gasteiger partial charge >= 0.3 is 0 Å².